The molecule has 0 atom stereocenters. The molecule has 128 valence electrons. The molecule has 2 rings (SSSR count). The lowest BCUT2D eigenvalue weighted by molar-refractivity contribution is 0.340. The second kappa shape index (κ2) is 7.83. The Morgan fingerprint density at radius 2 is 1.79 bits per heavy atom. The first-order valence-electron chi connectivity index (χ1n) is 6.75. The Bertz CT molecular complexity index is 833. The van der Waals surface area contributed by atoms with E-state index in [1.54, 1.807) is 6.92 Å². The monoisotopic (exact) mass is 390 g/mol. The van der Waals surface area contributed by atoms with Gasteiger partial charge in [0.25, 0.3) is 10.0 Å². The highest BCUT2D eigenvalue weighted by atomic mass is 35.5. The Hall–Kier alpha value is -1.83. The van der Waals surface area contributed by atoms with Crippen LogP contribution in [0.15, 0.2) is 46.4 Å². The van der Waals surface area contributed by atoms with Crippen molar-refractivity contribution in [3.05, 3.63) is 57.8 Å². The molecule has 0 amide bonds. The van der Waals surface area contributed by atoms with E-state index in [1.807, 2.05) is 4.83 Å². The van der Waals surface area contributed by atoms with E-state index in [9.17, 15) is 12.8 Å². The van der Waals surface area contributed by atoms with Gasteiger partial charge >= 0.3 is 0 Å². The van der Waals surface area contributed by atoms with Crippen LogP contribution in [0.4, 0.5) is 4.39 Å². The number of sulfonamides is 1. The van der Waals surface area contributed by atoms with Crippen molar-refractivity contribution in [2.24, 2.45) is 5.10 Å². The largest absolute Gasteiger partial charge is 0.491 e. The second-order valence-electron chi connectivity index (χ2n) is 4.55. The minimum absolute atomic E-state index is 0.108. The number of nitrogens with one attached hydrogen (secondary N) is 1. The van der Waals surface area contributed by atoms with Gasteiger partial charge in [-0.25, -0.2) is 9.22 Å². The molecule has 0 aliphatic carbocycles. The first kappa shape index (κ1) is 18.5. The van der Waals surface area contributed by atoms with Gasteiger partial charge < -0.3 is 4.74 Å². The van der Waals surface area contributed by atoms with Crippen LogP contribution in [0.1, 0.15) is 12.5 Å². The smallest absolute Gasteiger partial charge is 0.276 e. The maximum atomic E-state index is 12.8. The van der Waals surface area contributed by atoms with Crippen molar-refractivity contribution in [3.63, 3.8) is 0 Å². The summed E-state index contributed by atoms with van der Waals surface area (Å²) in [5, 5.41) is 4.22. The number of halogens is 3. The summed E-state index contributed by atoms with van der Waals surface area (Å²) < 4.78 is 42.1. The molecular weight excluding hydrogens is 378 g/mol. The van der Waals surface area contributed by atoms with Crippen molar-refractivity contribution >= 4 is 39.4 Å². The molecule has 1 N–H and O–H groups in total. The molecule has 0 unspecified atom stereocenters. The van der Waals surface area contributed by atoms with Crippen LogP contribution in [0, 0.1) is 5.82 Å². The number of rotatable bonds is 6. The molecule has 0 heterocycles. The van der Waals surface area contributed by atoms with Crippen LogP contribution >= 0.6 is 23.2 Å². The van der Waals surface area contributed by atoms with Crippen LogP contribution in [-0.2, 0) is 10.0 Å². The first-order valence-corrected chi connectivity index (χ1v) is 8.99. The fourth-order valence-electron chi connectivity index (χ4n) is 1.77. The molecule has 0 spiro atoms. The third-order valence-electron chi connectivity index (χ3n) is 2.82. The van der Waals surface area contributed by atoms with E-state index in [1.165, 1.54) is 18.3 Å². The topological polar surface area (TPSA) is 67.8 Å². The van der Waals surface area contributed by atoms with Gasteiger partial charge in [-0.2, -0.15) is 13.5 Å². The lowest BCUT2D eigenvalue weighted by atomic mass is 10.2. The Morgan fingerprint density at radius 3 is 2.33 bits per heavy atom. The third-order valence-corrected chi connectivity index (χ3v) is 4.62. The van der Waals surface area contributed by atoms with Crippen molar-refractivity contribution in [3.8, 4) is 5.75 Å². The van der Waals surface area contributed by atoms with E-state index in [2.05, 4.69) is 5.10 Å². The van der Waals surface area contributed by atoms with Crippen LogP contribution < -0.4 is 9.57 Å². The molecule has 2 aromatic rings. The number of hydrogen-bond donors (Lipinski definition) is 1. The Balaban J connectivity index is 2.15. The van der Waals surface area contributed by atoms with Crippen molar-refractivity contribution in [1.82, 2.24) is 4.83 Å². The highest BCUT2D eigenvalue weighted by Gasteiger charge is 2.12. The van der Waals surface area contributed by atoms with Crippen LogP contribution in [0.5, 0.6) is 5.75 Å². The Kier molecular flexibility index (Phi) is 6.04. The van der Waals surface area contributed by atoms with Crippen LogP contribution in [0.2, 0.25) is 10.0 Å². The van der Waals surface area contributed by atoms with Gasteiger partial charge in [-0.05, 0) is 48.9 Å². The molecule has 0 fully saturated rings. The summed E-state index contributed by atoms with van der Waals surface area (Å²) in [6.45, 7) is 2.20. The molecule has 2 aromatic carbocycles. The third kappa shape index (κ3) is 4.59. The fraction of sp³-hybridized carbons (Fsp3) is 0.133. The summed E-state index contributed by atoms with van der Waals surface area (Å²) >= 11 is 12.1. The van der Waals surface area contributed by atoms with Gasteiger partial charge in [0.15, 0.2) is 5.75 Å². The summed E-state index contributed by atoms with van der Waals surface area (Å²) in [5.74, 6) is -0.180. The van der Waals surface area contributed by atoms with Gasteiger partial charge in [-0.15, -0.1) is 0 Å². The van der Waals surface area contributed by atoms with Crippen LogP contribution in [0.3, 0.4) is 0 Å². The van der Waals surface area contributed by atoms with E-state index in [-0.39, 0.29) is 14.9 Å². The van der Waals surface area contributed by atoms with E-state index in [4.69, 9.17) is 27.9 Å². The van der Waals surface area contributed by atoms with Gasteiger partial charge in [-0.3, -0.25) is 0 Å². The molecule has 0 saturated carbocycles. The number of hydrogen-bond acceptors (Lipinski definition) is 4. The summed E-state index contributed by atoms with van der Waals surface area (Å²) in [4.78, 5) is 1.92. The molecule has 0 radical (unpaired) electrons. The number of nitrogens with zero attached hydrogens (tertiary/aromatic N) is 1. The van der Waals surface area contributed by atoms with Gasteiger partial charge in [0, 0.05) is 0 Å². The first-order chi connectivity index (χ1) is 11.3. The zero-order chi connectivity index (χ0) is 17.7. The minimum atomic E-state index is -3.89. The zero-order valence-corrected chi connectivity index (χ0v) is 14.8. The van der Waals surface area contributed by atoms with E-state index < -0.39 is 15.8 Å². The summed E-state index contributed by atoms with van der Waals surface area (Å²) in [5.41, 5.74) is 0.482. The lowest BCUT2D eigenvalue weighted by Crippen LogP contribution is -2.18. The number of hydrazone groups is 1. The summed E-state index contributed by atoms with van der Waals surface area (Å²) in [6.07, 6.45) is 1.24. The standard InChI is InChI=1S/C15H13Cl2FN2O3S/c1-2-23-15-13(16)7-10(8-14(15)17)9-19-20-24(21,22)12-5-3-11(18)4-6-12/h3-9,20H,2H2,1H3/b19-9+. The molecule has 5 nitrogen and oxygen atoms in total. The number of benzene rings is 2. The van der Waals surface area contributed by atoms with Crippen molar-refractivity contribution in [2.45, 2.75) is 11.8 Å². The molecule has 0 aromatic heterocycles. The normalized spacial score (nSPS) is 11.7. The molecule has 9 heteroatoms. The SMILES string of the molecule is CCOc1c(Cl)cc(/C=N/NS(=O)(=O)c2ccc(F)cc2)cc1Cl. The Labute approximate surface area is 149 Å². The van der Waals surface area contributed by atoms with E-state index in [0.717, 1.165) is 24.3 Å². The lowest BCUT2D eigenvalue weighted by Gasteiger charge is -2.08. The molecule has 0 saturated heterocycles. The number of ether oxygens (including phenoxy) is 1. The second-order valence-corrected chi connectivity index (χ2v) is 7.03. The average Bonchev–Trinajstić information content (AvgIpc) is 2.51. The molecular formula is C15H13Cl2FN2O3S. The minimum Gasteiger partial charge on any atom is -0.491 e. The highest BCUT2D eigenvalue weighted by molar-refractivity contribution is 7.89. The molecule has 0 bridgehead atoms. The predicted molar refractivity (Wildman–Crippen MR) is 91.9 cm³/mol. The predicted octanol–water partition coefficient (Wildman–Crippen LogP) is 3.84. The Morgan fingerprint density at radius 1 is 1.21 bits per heavy atom. The molecule has 0 aliphatic heterocycles. The molecule has 0 aliphatic rings. The van der Waals surface area contributed by atoms with Crippen LogP contribution in [-0.4, -0.2) is 21.2 Å². The van der Waals surface area contributed by atoms with Crippen LogP contribution in [0.25, 0.3) is 0 Å². The van der Waals surface area contributed by atoms with Crippen molar-refractivity contribution in [2.75, 3.05) is 6.61 Å². The molecule has 24 heavy (non-hydrogen) atoms. The van der Waals surface area contributed by atoms with E-state index in [0.29, 0.717) is 17.9 Å². The fourth-order valence-corrected chi connectivity index (χ4v) is 3.18. The maximum Gasteiger partial charge on any atom is 0.276 e. The zero-order valence-electron chi connectivity index (χ0n) is 12.5. The van der Waals surface area contributed by atoms with E-state index >= 15 is 0 Å². The van der Waals surface area contributed by atoms with Gasteiger partial charge in [0.1, 0.15) is 5.82 Å². The van der Waals surface area contributed by atoms with Gasteiger partial charge in [0.2, 0.25) is 0 Å². The van der Waals surface area contributed by atoms with Crippen molar-refractivity contribution in [1.29, 1.82) is 0 Å². The average molecular weight is 391 g/mol. The summed E-state index contributed by atoms with van der Waals surface area (Å²) in [6, 6.07) is 7.44. The maximum absolute atomic E-state index is 12.8. The van der Waals surface area contributed by atoms with Gasteiger partial charge in [-0.1, -0.05) is 23.2 Å². The van der Waals surface area contributed by atoms with Crippen molar-refractivity contribution < 1.29 is 17.5 Å². The summed E-state index contributed by atoms with van der Waals surface area (Å²) in [7, 11) is -3.89. The highest BCUT2D eigenvalue weighted by Crippen LogP contribution is 2.33. The quantitative estimate of drug-likeness (QED) is 0.601. The van der Waals surface area contributed by atoms with Gasteiger partial charge in [0.05, 0.1) is 27.8 Å².